The number of hydrogen-bond donors (Lipinski definition) is 1. The van der Waals surface area contributed by atoms with Crippen molar-refractivity contribution >= 4 is 27.3 Å². The number of benzene rings is 3. The van der Waals surface area contributed by atoms with Crippen molar-refractivity contribution in [1.29, 1.82) is 0 Å². The molecule has 0 aliphatic carbocycles. The van der Waals surface area contributed by atoms with Crippen molar-refractivity contribution < 1.29 is 17.9 Å². The van der Waals surface area contributed by atoms with Crippen LogP contribution in [0.15, 0.2) is 72.8 Å². The lowest BCUT2D eigenvalue weighted by Gasteiger charge is -2.19. The maximum absolute atomic E-state index is 12.7. The smallest absolute Gasteiger partial charge is 0.235 e. The van der Waals surface area contributed by atoms with Crippen LogP contribution in [0.25, 0.3) is 11.1 Å². The average Bonchev–Trinajstić information content (AvgIpc) is 3.13. The third-order valence-corrected chi connectivity index (χ3v) is 7.14. The first-order valence-electron chi connectivity index (χ1n) is 10.1. The number of methoxy groups -OCH3 is 1. The Hall–Kier alpha value is -3.32. The fraction of sp³-hybridized carbons (Fsp3) is 0.208. The monoisotopic (exact) mass is 436 g/mol. The number of amides is 1. The van der Waals surface area contributed by atoms with Crippen molar-refractivity contribution in [3.8, 4) is 16.9 Å². The summed E-state index contributed by atoms with van der Waals surface area (Å²) in [5.74, 6) is 0.417. The Morgan fingerprint density at radius 2 is 1.71 bits per heavy atom. The highest BCUT2D eigenvalue weighted by Crippen LogP contribution is 2.33. The lowest BCUT2D eigenvalue weighted by atomic mass is 10.0. The number of carbonyl (C=O) groups is 1. The van der Waals surface area contributed by atoms with E-state index in [4.69, 9.17) is 4.74 Å². The standard InChI is InChI=1S/C24H24N2O4S/c1-30-23-13-12-21(26-14-5-15-31(26,28)29)17-22(23)25-24(27)16-18-8-10-20(11-9-18)19-6-3-2-4-7-19/h2-4,6-13,17H,5,14-16H2,1H3,(H,25,27). The van der Waals surface area contributed by atoms with E-state index in [1.54, 1.807) is 18.2 Å². The Bertz CT molecular complexity index is 1180. The Morgan fingerprint density at radius 3 is 2.35 bits per heavy atom. The molecule has 1 aliphatic heterocycles. The molecule has 0 aromatic heterocycles. The Balaban J connectivity index is 1.48. The maximum atomic E-state index is 12.7. The fourth-order valence-electron chi connectivity index (χ4n) is 3.70. The van der Waals surface area contributed by atoms with Crippen molar-refractivity contribution in [2.75, 3.05) is 29.0 Å². The summed E-state index contributed by atoms with van der Waals surface area (Å²) in [6.45, 7) is 0.440. The first kappa shape index (κ1) is 20.9. The molecule has 7 heteroatoms. The van der Waals surface area contributed by atoms with Gasteiger partial charge in [0.15, 0.2) is 0 Å². The van der Waals surface area contributed by atoms with Gasteiger partial charge in [0.05, 0.1) is 30.7 Å². The highest BCUT2D eigenvalue weighted by Gasteiger charge is 2.29. The molecule has 6 nitrogen and oxygen atoms in total. The molecule has 1 fully saturated rings. The second-order valence-electron chi connectivity index (χ2n) is 7.41. The molecule has 3 aromatic rings. The van der Waals surface area contributed by atoms with Crippen LogP contribution in [0.3, 0.4) is 0 Å². The molecule has 0 bridgehead atoms. The van der Waals surface area contributed by atoms with Gasteiger partial charge in [-0.2, -0.15) is 0 Å². The summed E-state index contributed by atoms with van der Waals surface area (Å²) in [5, 5.41) is 2.86. The largest absolute Gasteiger partial charge is 0.495 e. The van der Waals surface area contributed by atoms with Gasteiger partial charge in [0.1, 0.15) is 5.75 Å². The van der Waals surface area contributed by atoms with Crippen LogP contribution in [0.1, 0.15) is 12.0 Å². The minimum absolute atomic E-state index is 0.139. The molecule has 1 heterocycles. The zero-order chi connectivity index (χ0) is 21.8. The maximum Gasteiger partial charge on any atom is 0.235 e. The minimum Gasteiger partial charge on any atom is -0.495 e. The predicted molar refractivity (Wildman–Crippen MR) is 123 cm³/mol. The summed E-state index contributed by atoms with van der Waals surface area (Å²) in [6.07, 6.45) is 0.791. The van der Waals surface area contributed by atoms with Crippen LogP contribution < -0.4 is 14.4 Å². The summed E-state index contributed by atoms with van der Waals surface area (Å²) >= 11 is 0. The van der Waals surface area contributed by atoms with Gasteiger partial charge in [0.25, 0.3) is 0 Å². The molecule has 1 saturated heterocycles. The second kappa shape index (κ2) is 8.81. The number of hydrogen-bond acceptors (Lipinski definition) is 4. The Labute approximate surface area is 182 Å². The molecule has 1 N–H and O–H groups in total. The first-order valence-corrected chi connectivity index (χ1v) is 11.7. The van der Waals surface area contributed by atoms with E-state index in [1.807, 2.05) is 54.6 Å². The van der Waals surface area contributed by atoms with Gasteiger partial charge in [-0.25, -0.2) is 8.42 Å². The van der Waals surface area contributed by atoms with Gasteiger partial charge in [0, 0.05) is 6.54 Å². The van der Waals surface area contributed by atoms with Crippen LogP contribution in [0.4, 0.5) is 11.4 Å². The van der Waals surface area contributed by atoms with Gasteiger partial charge < -0.3 is 10.1 Å². The van der Waals surface area contributed by atoms with Gasteiger partial charge in [0.2, 0.25) is 15.9 Å². The van der Waals surface area contributed by atoms with Crippen molar-refractivity contribution in [2.45, 2.75) is 12.8 Å². The molecule has 3 aromatic carbocycles. The highest BCUT2D eigenvalue weighted by atomic mass is 32.2. The molecule has 0 saturated carbocycles. The third-order valence-electron chi connectivity index (χ3n) is 5.27. The van der Waals surface area contributed by atoms with Crippen LogP contribution in [-0.2, 0) is 21.2 Å². The van der Waals surface area contributed by atoms with E-state index in [2.05, 4.69) is 5.32 Å². The molecular weight excluding hydrogens is 412 g/mol. The molecule has 0 unspecified atom stereocenters. The van der Waals surface area contributed by atoms with E-state index < -0.39 is 10.0 Å². The number of carbonyl (C=O) groups excluding carboxylic acids is 1. The van der Waals surface area contributed by atoms with Gasteiger partial charge in [-0.1, -0.05) is 54.6 Å². The van der Waals surface area contributed by atoms with Gasteiger partial charge in [-0.15, -0.1) is 0 Å². The number of sulfonamides is 1. The summed E-state index contributed by atoms with van der Waals surface area (Å²) in [4.78, 5) is 12.7. The van der Waals surface area contributed by atoms with E-state index >= 15 is 0 Å². The van der Waals surface area contributed by atoms with E-state index in [0.717, 1.165) is 16.7 Å². The van der Waals surface area contributed by atoms with E-state index in [-0.39, 0.29) is 18.1 Å². The van der Waals surface area contributed by atoms with Crippen LogP contribution in [-0.4, -0.2) is 33.7 Å². The number of ether oxygens (including phenoxy) is 1. The fourth-order valence-corrected chi connectivity index (χ4v) is 5.26. The highest BCUT2D eigenvalue weighted by molar-refractivity contribution is 7.93. The Morgan fingerprint density at radius 1 is 1.00 bits per heavy atom. The topological polar surface area (TPSA) is 75.7 Å². The Kier molecular flexibility index (Phi) is 5.95. The molecule has 4 rings (SSSR count). The molecular formula is C24H24N2O4S. The van der Waals surface area contributed by atoms with Crippen LogP contribution in [0.2, 0.25) is 0 Å². The summed E-state index contributed by atoms with van der Waals surface area (Å²) < 4.78 is 31.2. The van der Waals surface area contributed by atoms with Crippen molar-refractivity contribution in [1.82, 2.24) is 0 Å². The molecule has 0 spiro atoms. The number of anilines is 2. The summed E-state index contributed by atoms with van der Waals surface area (Å²) in [6, 6.07) is 22.9. The predicted octanol–water partition coefficient (Wildman–Crippen LogP) is 4.08. The van der Waals surface area contributed by atoms with Crippen molar-refractivity contribution in [3.05, 3.63) is 78.4 Å². The molecule has 31 heavy (non-hydrogen) atoms. The quantitative estimate of drug-likeness (QED) is 0.632. The zero-order valence-electron chi connectivity index (χ0n) is 17.2. The SMILES string of the molecule is COc1ccc(N2CCCS2(=O)=O)cc1NC(=O)Cc1ccc(-c2ccccc2)cc1. The molecule has 0 radical (unpaired) electrons. The number of rotatable bonds is 6. The lowest BCUT2D eigenvalue weighted by molar-refractivity contribution is -0.115. The van der Waals surface area contributed by atoms with Gasteiger partial charge in [-0.05, 0) is 41.3 Å². The van der Waals surface area contributed by atoms with Crippen LogP contribution >= 0.6 is 0 Å². The molecule has 1 aliphatic rings. The molecule has 160 valence electrons. The van der Waals surface area contributed by atoms with Crippen molar-refractivity contribution in [2.24, 2.45) is 0 Å². The number of nitrogens with zero attached hydrogens (tertiary/aromatic N) is 1. The summed E-state index contributed by atoms with van der Waals surface area (Å²) in [5.41, 5.74) is 4.08. The first-order chi connectivity index (χ1) is 15.0. The average molecular weight is 437 g/mol. The van der Waals surface area contributed by atoms with Gasteiger partial charge in [-0.3, -0.25) is 9.10 Å². The van der Waals surface area contributed by atoms with E-state index in [0.29, 0.717) is 30.1 Å². The van der Waals surface area contributed by atoms with E-state index in [1.165, 1.54) is 11.4 Å². The van der Waals surface area contributed by atoms with E-state index in [9.17, 15) is 13.2 Å². The third kappa shape index (κ3) is 4.72. The second-order valence-corrected chi connectivity index (χ2v) is 9.43. The summed E-state index contributed by atoms with van der Waals surface area (Å²) in [7, 11) is -1.79. The molecule has 0 atom stereocenters. The van der Waals surface area contributed by atoms with Crippen LogP contribution in [0.5, 0.6) is 5.75 Å². The minimum atomic E-state index is -3.30. The normalized spacial score (nSPS) is 14.9. The molecule has 1 amide bonds. The zero-order valence-corrected chi connectivity index (χ0v) is 18.1. The number of nitrogens with one attached hydrogen (secondary N) is 1. The van der Waals surface area contributed by atoms with Gasteiger partial charge >= 0.3 is 0 Å². The van der Waals surface area contributed by atoms with Crippen LogP contribution in [0, 0.1) is 0 Å². The lowest BCUT2D eigenvalue weighted by Crippen LogP contribution is -2.25. The van der Waals surface area contributed by atoms with Crippen molar-refractivity contribution in [3.63, 3.8) is 0 Å².